The average Bonchev–Trinajstić information content (AvgIpc) is 2.28. The third kappa shape index (κ3) is 2.46. The van der Waals surface area contributed by atoms with Crippen LogP contribution in [0.25, 0.3) is 0 Å². The molecule has 16 heavy (non-hydrogen) atoms. The highest BCUT2D eigenvalue weighted by Gasteiger charge is 2.12. The van der Waals surface area contributed by atoms with E-state index < -0.39 is 5.82 Å². The summed E-state index contributed by atoms with van der Waals surface area (Å²) in [5.74, 6) is -0.437. The molecule has 0 aromatic heterocycles. The molecule has 0 radical (unpaired) electrons. The summed E-state index contributed by atoms with van der Waals surface area (Å²) in [7, 11) is 2.46. The Balaban J connectivity index is 3.44. The molecule has 0 aliphatic heterocycles. The molecular weight excluding hydrogens is 222 g/mol. The second-order valence-corrected chi connectivity index (χ2v) is 4.18. The van der Waals surface area contributed by atoms with Crippen molar-refractivity contribution in [1.82, 2.24) is 0 Å². The second kappa shape index (κ2) is 5.18. The van der Waals surface area contributed by atoms with Crippen molar-refractivity contribution in [2.45, 2.75) is 27.2 Å². The van der Waals surface area contributed by atoms with E-state index in [4.69, 9.17) is 5.26 Å². The quantitative estimate of drug-likeness (QED) is 0.574. The predicted octanol–water partition coefficient (Wildman–Crippen LogP) is 3.01. The second-order valence-electron chi connectivity index (χ2n) is 3.61. The van der Waals surface area contributed by atoms with Crippen LogP contribution in [0, 0.1) is 24.1 Å². The topological polar surface area (TPSA) is 36.1 Å². The van der Waals surface area contributed by atoms with Gasteiger partial charge < -0.3 is 0 Å². The molecule has 1 unspecified atom stereocenters. The van der Waals surface area contributed by atoms with E-state index in [1.54, 1.807) is 6.92 Å². The van der Waals surface area contributed by atoms with Crippen molar-refractivity contribution in [2.75, 3.05) is 0 Å². The first-order valence-electron chi connectivity index (χ1n) is 5.04. The Kier molecular flexibility index (Phi) is 4.15. The molecule has 1 atom stereocenters. The molecule has 0 bridgehead atoms. The van der Waals surface area contributed by atoms with Gasteiger partial charge in [0.05, 0.1) is 11.6 Å². The number of hydrogen-bond acceptors (Lipinski definition) is 2. The molecule has 0 N–H and O–H groups in total. The lowest BCUT2D eigenvalue weighted by atomic mass is 10.1. The van der Waals surface area contributed by atoms with Gasteiger partial charge in [-0.15, -0.1) is 9.24 Å². The zero-order valence-corrected chi connectivity index (χ0v) is 10.8. The van der Waals surface area contributed by atoms with Gasteiger partial charge in [0.2, 0.25) is 0 Å². The number of nitrogens with zero attached hydrogens (tertiary/aromatic N) is 2. The lowest BCUT2D eigenvalue weighted by Gasteiger charge is -2.08. The Morgan fingerprint density at radius 1 is 1.62 bits per heavy atom. The first kappa shape index (κ1) is 12.8. The molecule has 0 saturated carbocycles. The third-order valence-electron chi connectivity index (χ3n) is 2.48. The van der Waals surface area contributed by atoms with Crippen LogP contribution in [0.5, 0.6) is 0 Å². The highest BCUT2D eigenvalue weighted by molar-refractivity contribution is 7.27. The average molecular weight is 236 g/mol. The fourth-order valence-corrected chi connectivity index (χ4v) is 1.57. The van der Waals surface area contributed by atoms with Crippen molar-refractivity contribution in [3.05, 3.63) is 23.0 Å². The van der Waals surface area contributed by atoms with Crippen molar-refractivity contribution < 1.29 is 4.39 Å². The lowest BCUT2D eigenvalue weighted by Crippen LogP contribution is -2.05. The van der Waals surface area contributed by atoms with Crippen LogP contribution in [0.2, 0.25) is 0 Å². The standard InChI is InChI=1S/C12H14FN2P/c1-4-7(2)15-11-8(3)12(16)9(6-14)5-10(11)13/h5H,4,16H2,1-3H3. The van der Waals surface area contributed by atoms with Gasteiger partial charge in [0.25, 0.3) is 0 Å². The molecule has 1 aromatic rings. The number of rotatable bonds is 2. The zero-order chi connectivity index (χ0) is 12.3. The molecule has 0 fully saturated rings. The van der Waals surface area contributed by atoms with Gasteiger partial charge in [-0.3, -0.25) is 4.99 Å². The Morgan fingerprint density at radius 2 is 2.25 bits per heavy atom. The monoisotopic (exact) mass is 236 g/mol. The van der Waals surface area contributed by atoms with Crippen molar-refractivity contribution in [3.8, 4) is 6.07 Å². The summed E-state index contributed by atoms with van der Waals surface area (Å²) in [6, 6.07) is 3.20. The molecular formula is C12H14FN2P. The smallest absolute Gasteiger partial charge is 0.150 e. The van der Waals surface area contributed by atoms with Gasteiger partial charge in [-0.1, -0.05) is 6.92 Å². The van der Waals surface area contributed by atoms with Gasteiger partial charge in [0.1, 0.15) is 11.5 Å². The number of aliphatic imine (C=N–C) groups is 1. The fraction of sp³-hybridized carbons (Fsp3) is 0.333. The first-order valence-corrected chi connectivity index (χ1v) is 5.61. The molecule has 0 spiro atoms. The van der Waals surface area contributed by atoms with Gasteiger partial charge in [0, 0.05) is 5.71 Å². The van der Waals surface area contributed by atoms with E-state index in [1.807, 2.05) is 19.9 Å². The normalized spacial score (nSPS) is 11.4. The SMILES string of the molecule is CCC(C)=Nc1c(F)cc(C#N)c(P)c1C. The predicted molar refractivity (Wildman–Crippen MR) is 68.3 cm³/mol. The van der Waals surface area contributed by atoms with Gasteiger partial charge in [-0.2, -0.15) is 5.26 Å². The summed E-state index contributed by atoms with van der Waals surface area (Å²) < 4.78 is 13.7. The maximum absolute atomic E-state index is 13.7. The van der Waals surface area contributed by atoms with Gasteiger partial charge in [-0.05, 0) is 37.2 Å². The van der Waals surface area contributed by atoms with E-state index >= 15 is 0 Å². The third-order valence-corrected chi connectivity index (χ3v) is 3.23. The molecule has 84 valence electrons. The van der Waals surface area contributed by atoms with Crippen LogP contribution >= 0.6 is 9.24 Å². The van der Waals surface area contributed by atoms with Crippen LogP contribution in [0.3, 0.4) is 0 Å². The number of nitriles is 1. The maximum atomic E-state index is 13.7. The summed E-state index contributed by atoms with van der Waals surface area (Å²) in [4.78, 5) is 4.23. The Bertz CT molecular complexity index is 487. The minimum Gasteiger partial charge on any atom is -0.255 e. The highest BCUT2D eigenvalue weighted by atomic mass is 31.0. The van der Waals surface area contributed by atoms with Crippen LogP contribution in [-0.2, 0) is 0 Å². The summed E-state index contributed by atoms with van der Waals surface area (Å²) in [5.41, 5.74) is 2.25. The molecule has 0 aliphatic rings. The van der Waals surface area contributed by atoms with Crippen LogP contribution in [0.1, 0.15) is 31.4 Å². The molecule has 2 nitrogen and oxygen atoms in total. The van der Waals surface area contributed by atoms with Gasteiger partial charge in [0.15, 0.2) is 0 Å². The van der Waals surface area contributed by atoms with E-state index in [2.05, 4.69) is 14.2 Å². The molecule has 1 rings (SSSR count). The summed E-state index contributed by atoms with van der Waals surface area (Å²) >= 11 is 0. The molecule has 4 heteroatoms. The van der Waals surface area contributed by atoms with E-state index in [9.17, 15) is 4.39 Å². The van der Waals surface area contributed by atoms with Crippen molar-refractivity contribution in [3.63, 3.8) is 0 Å². The summed E-state index contributed by atoms with van der Waals surface area (Å²) in [6.45, 7) is 5.60. The number of benzene rings is 1. The fourth-order valence-electron chi connectivity index (χ4n) is 1.28. The van der Waals surface area contributed by atoms with Crippen molar-refractivity contribution >= 4 is 25.9 Å². The van der Waals surface area contributed by atoms with Crippen molar-refractivity contribution in [1.29, 1.82) is 5.26 Å². The van der Waals surface area contributed by atoms with Gasteiger partial charge in [-0.25, -0.2) is 4.39 Å². The van der Waals surface area contributed by atoms with Crippen LogP contribution in [-0.4, -0.2) is 5.71 Å². The van der Waals surface area contributed by atoms with E-state index in [0.717, 1.165) is 12.1 Å². The molecule has 1 aromatic carbocycles. The molecule has 0 aliphatic carbocycles. The largest absolute Gasteiger partial charge is 0.255 e. The van der Waals surface area contributed by atoms with E-state index in [0.29, 0.717) is 22.1 Å². The van der Waals surface area contributed by atoms with Gasteiger partial charge >= 0.3 is 0 Å². The Morgan fingerprint density at radius 3 is 2.75 bits per heavy atom. The molecule has 0 amide bonds. The number of hydrogen-bond donors (Lipinski definition) is 0. The zero-order valence-electron chi connectivity index (χ0n) is 9.63. The summed E-state index contributed by atoms with van der Waals surface area (Å²) in [5, 5.41) is 9.53. The minimum absolute atomic E-state index is 0.336. The summed E-state index contributed by atoms with van der Waals surface area (Å²) in [6.07, 6.45) is 0.783. The van der Waals surface area contributed by atoms with Crippen LogP contribution < -0.4 is 5.30 Å². The highest BCUT2D eigenvalue weighted by Crippen LogP contribution is 2.24. The molecule has 0 heterocycles. The minimum atomic E-state index is -0.437. The van der Waals surface area contributed by atoms with E-state index in [-0.39, 0.29) is 0 Å². The maximum Gasteiger partial charge on any atom is 0.150 e. The Labute approximate surface area is 97.4 Å². The Hall–Kier alpha value is -1.26. The van der Waals surface area contributed by atoms with Crippen LogP contribution in [0.15, 0.2) is 11.1 Å². The first-order chi connectivity index (χ1) is 7.51. The number of halogens is 1. The lowest BCUT2D eigenvalue weighted by molar-refractivity contribution is 0.628. The van der Waals surface area contributed by atoms with Crippen molar-refractivity contribution in [2.24, 2.45) is 4.99 Å². The molecule has 0 saturated heterocycles. The van der Waals surface area contributed by atoms with E-state index in [1.165, 1.54) is 6.07 Å². The van der Waals surface area contributed by atoms with Crippen LogP contribution in [0.4, 0.5) is 10.1 Å².